The topological polar surface area (TPSA) is 73.8 Å². The Hall–Kier alpha value is -2.17. The molecule has 0 atom stereocenters. The number of nitrogens with two attached hydrogens (primary N) is 1. The van der Waals surface area contributed by atoms with Gasteiger partial charge >= 0.3 is 0 Å². The van der Waals surface area contributed by atoms with Gasteiger partial charge in [0, 0.05) is 11.5 Å². The van der Waals surface area contributed by atoms with Crippen LogP contribution in [0.25, 0.3) is 11.4 Å². The van der Waals surface area contributed by atoms with E-state index in [4.69, 9.17) is 5.73 Å². The quantitative estimate of drug-likeness (QED) is 0.846. The van der Waals surface area contributed by atoms with Gasteiger partial charge in [-0.15, -0.1) is 5.10 Å². The standard InChI is InChI=1S/C12H12N4O/c13-12-14-10(8-4-2-1-3-5-8)15-16(12)11(17)9-6-7-9/h1-5,9H,6-7H2,(H2,13,14,15). The number of nitrogen functional groups attached to an aromatic ring is 1. The number of rotatable bonds is 2. The van der Waals surface area contributed by atoms with Gasteiger partial charge in [-0.1, -0.05) is 30.3 Å². The summed E-state index contributed by atoms with van der Waals surface area (Å²) in [5.41, 5.74) is 6.58. The van der Waals surface area contributed by atoms with Crippen molar-refractivity contribution in [1.82, 2.24) is 14.8 Å². The molecular formula is C12H12N4O. The van der Waals surface area contributed by atoms with Crippen LogP contribution in [0.3, 0.4) is 0 Å². The lowest BCUT2D eigenvalue weighted by molar-refractivity contribution is 0.0873. The molecule has 17 heavy (non-hydrogen) atoms. The van der Waals surface area contributed by atoms with Crippen molar-refractivity contribution in [2.24, 2.45) is 5.92 Å². The van der Waals surface area contributed by atoms with Crippen LogP contribution in [0.1, 0.15) is 17.6 Å². The first-order chi connectivity index (χ1) is 8.25. The maximum atomic E-state index is 11.9. The molecule has 1 aromatic carbocycles. The van der Waals surface area contributed by atoms with Crippen molar-refractivity contribution < 1.29 is 4.79 Å². The molecule has 5 heteroatoms. The molecule has 0 saturated heterocycles. The number of carbonyl (C=O) groups is 1. The Labute approximate surface area is 98.3 Å². The predicted molar refractivity (Wildman–Crippen MR) is 63.2 cm³/mol. The van der Waals surface area contributed by atoms with Gasteiger partial charge in [-0.3, -0.25) is 4.79 Å². The molecule has 1 fully saturated rings. The monoisotopic (exact) mass is 228 g/mol. The van der Waals surface area contributed by atoms with Gasteiger partial charge < -0.3 is 5.73 Å². The average Bonchev–Trinajstić information content (AvgIpc) is 3.13. The van der Waals surface area contributed by atoms with Crippen LogP contribution in [-0.2, 0) is 0 Å². The molecule has 2 N–H and O–H groups in total. The highest BCUT2D eigenvalue weighted by Gasteiger charge is 2.33. The highest BCUT2D eigenvalue weighted by molar-refractivity contribution is 5.85. The van der Waals surface area contributed by atoms with E-state index in [0.29, 0.717) is 5.82 Å². The van der Waals surface area contributed by atoms with Crippen molar-refractivity contribution in [2.75, 3.05) is 5.73 Å². The molecule has 5 nitrogen and oxygen atoms in total. The Kier molecular flexibility index (Phi) is 2.18. The summed E-state index contributed by atoms with van der Waals surface area (Å²) in [5.74, 6) is 0.706. The third-order valence-electron chi connectivity index (χ3n) is 2.80. The summed E-state index contributed by atoms with van der Waals surface area (Å²) in [6.07, 6.45) is 1.86. The molecular weight excluding hydrogens is 216 g/mol. The first-order valence-electron chi connectivity index (χ1n) is 5.58. The molecule has 2 aromatic rings. The Morgan fingerprint density at radius 1 is 1.29 bits per heavy atom. The van der Waals surface area contributed by atoms with Gasteiger partial charge in [0.1, 0.15) is 0 Å². The summed E-state index contributed by atoms with van der Waals surface area (Å²) >= 11 is 0. The van der Waals surface area contributed by atoms with Gasteiger partial charge in [0.15, 0.2) is 5.82 Å². The fourth-order valence-corrected chi connectivity index (χ4v) is 1.70. The molecule has 1 aliphatic rings. The number of hydrogen-bond donors (Lipinski definition) is 1. The summed E-state index contributed by atoms with van der Waals surface area (Å²) < 4.78 is 1.22. The van der Waals surface area contributed by atoms with E-state index in [1.54, 1.807) is 0 Å². The van der Waals surface area contributed by atoms with Crippen molar-refractivity contribution in [3.05, 3.63) is 30.3 Å². The molecule has 1 saturated carbocycles. The van der Waals surface area contributed by atoms with Crippen LogP contribution in [0.15, 0.2) is 30.3 Å². The smallest absolute Gasteiger partial charge is 0.253 e. The molecule has 1 aromatic heterocycles. The van der Waals surface area contributed by atoms with Gasteiger partial charge in [-0.05, 0) is 12.8 Å². The molecule has 0 amide bonds. The maximum Gasteiger partial charge on any atom is 0.253 e. The second kappa shape index (κ2) is 3.69. The zero-order valence-electron chi connectivity index (χ0n) is 9.21. The van der Waals surface area contributed by atoms with E-state index in [1.165, 1.54) is 4.68 Å². The SMILES string of the molecule is Nc1nc(-c2ccccc2)nn1C(=O)C1CC1. The van der Waals surface area contributed by atoms with Gasteiger partial charge in [0.2, 0.25) is 5.95 Å². The summed E-state index contributed by atoms with van der Waals surface area (Å²) in [5, 5.41) is 4.17. The zero-order valence-corrected chi connectivity index (χ0v) is 9.21. The summed E-state index contributed by atoms with van der Waals surface area (Å²) in [4.78, 5) is 16.0. The minimum Gasteiger partial charge on any atom is -0.368 e. The summed E-state index contributed by atoms with van der Waals surface area (Å²) in [6, 6.07) is 9.49. The molecule has 86 valence electrons. The lowest BCUT2D eigenvalue weighted by Gasteiger charge is -1.97. The Balaban J connectivity index is 1.98. The lowest BCUT2D eigenvalue weighted by Crippen LogP contribution is -2.16. The van der Waals surface area contributed by atoms with E-state index in [1.807, 2.05) is 30.3 Å². The Morgan fingerprint density at radius 2 is 2.00 bits per heavy atom. The molecule has 0 bridgehead atoms. The van der Waals surface area contributed by atoms with Crippen LogP contribution in [0.2, 0.25) is 0 Å². The van der Waals surface area contributed by atoms with Gasteiger partial charge in [0.25, 0.3) is 5.91 Å². The van der Waals surface area contributed by atoms with Crippen LogP contribution in [0.4, 0.5) is 5.95 Å². The molecule has 3 rings (SSSR count). The van der Waals surface area contributed by atoms with E-state index in [-0.39, 0.29) is 17.8 Å². The van der Waals surface area contributed by atoms with Crippen molar-refractivity contribution in [3.8, 4) is 11.4 Å². The molecule has 0 spiro atoms. The molecule has 0 unspecified atom stereocenters. The first-order valence-corrected chi connectivity index (χ1v) is 5.58. The number of benzene rings is 1. The molecule has 0 radical (unpaired) electrons. The summed E-state index contributed by atoms with van der Waals surface area (Å²) in [7, 11) is 0. The normalized spacial score (nSPS) is 14.8. The van der Waals surface area contributed by atoms with E-state index in [9.17, 15) is 4.79 Å². The average molecular weight is 228 g/mol. The van der Waals surface area contributed by atoms with Crippen molar-refractivity contribution in [2.45, 2.75) is 12.8 Å². The van der Waals surface area contributed by atoms with Crippen LogP contribution in [-0.4, -0.2) is 20.7 Å². The third-order valence-corrected chi connectivity index (χ3v) is 2.80. The lowest BCUT2D eigenvalue weighted by atomic mass is 10.2. The van der Waals surface area contributed by atoms with Gasteiger partial charge in [-0.2, -0.15) is 9.67 Å². The highest BCUT2D eigenvalue weighted by atomic mass is 16.2. The predicted octanol–water partition coefficient (Wildman–Crippen LogP) is 1.58. The number of nitrogens with zero attached hydrogens (tertiary/aromatic N) is 3. The van der Waals surface area contributed by atoms with Crippen LogP contribution >= 0.6 is 0 Å². The van der Waals surface area contributed by atoms with Crippen LogP contribution in [0, 0.1) is 5.92 Å². The van der Waals surface area contributed by atoms with Crippen molar-refractivity contribution in [3.63, 3.8) is 0 Å². The number of anilines is 1. The fraction of sp³-hybridized carbons (Fsp3) is 0.250. The minimum atomic E-state index is -0.0443. The molecule has 1 aliphatic carbocycles. The second-order valence-corrected chi connectivity index (χ2v) is 4.18. The van der Waals surface area contributed by atoms with Gasteiger partial charge in [-0.25, -0.2) is 0 Å². The van der Waals surface area contributed by atoms with E-state index < -0.39 is 0 Å². The van der Waals surface area contributed by atoms with Crippen LogP contribution < -0.4 is 5.73 Å². The van der Waals surface area contributed by atoms with E-state index in [2.05, 4.69) is 10.1 Å². The largest absolute Gasteiger partial charge is 0.368 e. The minimum absolute atomic E-state index is 0.0443. The Bertz CT molecular complexity index is 557. The molecule has 0 aliphatic heterocycles. The van der Waals surface area contributed by atoms with Crippen molar-refractivity contribution in [1.29, 1.82) is 0 Å². The van der Waals surface area contributed by atoms with Gasteiger partial charge in [0.05, 0.1) is 0 Å². The molecule has 1 heterocycles. The number of carbonyl (C=O) groups excluding carboxylic acids is 1. The van der Waals surface area contributed by atoms with E-state index in [0.717, 1.165) is 18.4 Å². The number of hydrogen-bond acceptors (Lipinski definition) is 4. The zero-order chi connectivity index (χ0) is 11.8. The van der Waals surface area contributed by atoms with Crippen molar-refractivity contribution >= 4 is 11.9 Å². The number of aromatic nitrogens is 3. The third kappa shape index (κ3) is 1.80. The summed E-state index contributed by atoms with van der Waals surface area (Å²) in [6.45, 7) is 0. The fourth-order valence-electron chi connectivity index (χ4n) is 1.70. The first kappa shape index (κ1) is 10.0. The highest BCUT2D eigenvalue weighted by Crippen LogP contribution is 2.31. The maximum absolute atomic E-state index is 11.9. The van der Waals surface area contributed by atoms with E-state index >= 15 is 0 Å². The Morgan fingerprint density at radius 3 is 2.65 bits per heavy atom. The second-order valence-electron chi connectivity index (χ2n) is 4.18. The van der Waals surface area contributed by atoms with Crippen LogP contribution in [0.5, 0.6) is 0 Å².